The molecule has 0 spiro atoms. The highest BCUT2D eigenvalue weighted by molar-refractivity contribution is 7.99. The summed E-state index contributed by atoms with van der Waals surface area (Å²) in [7, 11) is 1.81. The number of aromatic nitrogens is 1. The van der Waals surface area contributed by atoms with Gasteiger partial charge in [-0.2, -0.15) is 5.26 Å². The van der Waals surface area contributed by atoms with Gasteiger partial charge in [-0.05, 0) is 60.8 Å². The van der Waals surface area contributed by atoms with E-state index in [0.717, 1.165) is 59.2 Å². The Morgan fingerprint density at radius 1 is 1.17 bits per heavy atom. The first-order valence-electron chi connectivity index (χ1n) is 12.1. The summed E-state index contributed by atoms with van der Waals surface area (Å²) < 4.78 is 0. The number of nitriles is 1. The lowest BCUT2D eigenvalue weighted by molar-refractivity contribution is -0.133. The molecule has 2 fully saturated rings. The number of hydrogen-bond acceptors (Lipinski definition) is 5. The van der Waals surface area contributed by atoms with E-state index in [9.17, 15) is 14.9 Å². The van der Waals surface area contributed by atoms with Gasteiger partial charge in [0.15, 0.2) is 0 Å². The Kier molecular flexibility index (Phi) is 6.14. The number of carbonyl (C=O) groups is 2. The molecule has 2 aromatic carbocycles. The quantitative estimate of drug-likeness (QED) is 0.310. The molecule has 3 aromatic rings. The molecule has 0 aliphatic heterocycles. The van der Waals surface area contributed by atoms with Crippen molar-refractivity contribution in [3.05, 3.63) is 66.4 Å². The number of hydrogen-bond donors (Lipinski definition) is 0. The smallest absolute Gasteiger partial charge is 0.231 e. The predicted octanol–water partition coefficient (Wildman–Crippen LogP) is 5.87. The van der Waals surface area contributed by atoms with Crippen molar-refractivity contribution in [2.45, 2.75) is 37.6 Å². The van der Waals surface area contributed by atoms with Crippen LogP contribution < -0.4 is 4.90 Å². The van der Waals surface area contributed by atoms with E-state index in [1.54, 1.807) is 28.9 Å². The lowest BCUT2D eigenvalue weighted by Gasteiger charge is -2.40. The van der Waals surface area contributed by atoms with Crippen LogP contribution >= 0.6 is 11.8 Å². The average molecular weight is 484 g/mol. The van der Waals surface area contributed by atoms with E-state index in [-0.39, 0.29) is 28.6 Å². The number of nitrogens with zero attached hydrogens (tertiary/aromatic N) is 3. The molecule has 5 rings (SSSR count). The van der Waals surface area contributed by atoms with Gasteiger partial charge in [0.25, 0.3) is 0 Å². The number of rotatable bonds is 7. The Hall–Kier alpha value is -3.17. The first kappa shape index (κ1) is 23.6. The predicted molar refractivity (Wildman–Crippen MR) is 139 cm³/mol. The zero-order chi connectivity index (χ0) is 24.6. The van der Waals surface area contributed by atoms with Crippen molar-refractivity contribution in [3.63, 3.8) is 0 Å². The molecule has 1 aromatic heterocycles. The standard InChI is InChI=1S/C29H29N3O2S/c1-28-12-13-29(19-28,14-16-35-25-9-5-6-15-31-25)26(23(28)18-33)27(34)32(2)24-11-10-20(17-30)21-7-3-4-8-22(21)24/h3-11,15,18,23,26H,12-14,16,19H2,1-2H3/t23-,26-,28-,29-/m1/s1. The van der Waals surface area contributed by atoms with Gasteiger partial charge in [-0.15, -0.1) is 11.8 Å². The second-order valence-electron chi connectivity index (χ2n) is 10.3. The van der Waals surface area contributed by atoms with E-state index < -0.39 is 0 Å². The Labute approximate surface area is 210 Å². The van der Waals surface area contributed by atoms with Gasteiger partial charge in [0.05, 0.1) is 28.3 Å². The molecule has 2 saturated carbocycles. The second kappa shape index (κ2) is 9.13. The lowest BCUT2D eigenvalue weighted by Crippen LogP contribution is -2.46. The van der Waals surface area contributed by atoms with E-state index in [4.69, 9.17) is 0 Å². The fourth-order valence-electron chi connectivity index (χ4n) is 6.67. The molecule has 4 atom stereocenters. The number of benzene rings is 2. The highest BCUT2D eigenvalue weighted by Crippen LogP contribution is 2.68. The maximum atomic E-state index is 14.2. The highest BCUT2D eigenvalue weighted by Gasteiger charge is 2.65. The Balaban J connectivity index is 1.47. The molecule has 0 unspecified atom stereocenters. The molecule has 178 valence electrons. The van der Waals surface area contributed by atoms with Crippen LogP contribution in [0.2, 0.25) is 0 Å². The van der Waals surface area contributed by atoms with Gasteiger partial charge >= 0.3 is 0 Å². The normalized spacial score (nSPS) is 27.0. The third-order valence-electron chi connectivity index (χ3n) is 8.39. The van der Waals surface area contributed by atoms with Crippen LogP contribution in [0.4, 0.5) is 5.69 Å². The summed E-state index contributed by atoms with van der Waals surface area (Å²) in [6.07, 6.45) is 6.58. The minimum absolute atomic E-state index is 0.00298. The number of anilines is 1. The van der Waals surface area contributed by atoms with Crippen molar-refractivity contribution in [2.24, 2.45) is 22.7 Å². The Morgan fingerprint density at radius 3 is 2.66 bits per heavy atom. The molecule has 2 bridgehead atoms. The molecule has 0 radical (unpaired) electrons. The second-order valence-corrected chi connectivity index (χ2v) is 11.4. The highest BCUT2D eigenvalue weighted by atomic mass is 32.2. The van der Waals surface area contributed by atoms with Gasteiger partial charge in [-0.1, -0.05) is 37.3 Å². The van der Waals surface area contributed by atoms with E-state index in [0.29, 0.717) is 5.56 Å². The maximum Gasteiger partial charge on any atom is 0.231 e. The minimum atomic E-state index is -0.345. The van der Waals surface area contributed by atoms with Gasteiger partial charge in [-0.3, -0.25) is 4.79 Å². The molecule has 1 heterocycles. The van der Waals surface area contributed by atoms with E-state index in [1.807, 2.05) is 55.6 Å². The van der Waals surface area contributed by atoms with Crippen molar-refractivity contribution in [1.82, 2.24) is 4.98 Å². The maximum absolute atomic E-state index is 14.2. The van der Waals surface area contributed by atoms with Crippen molar-refractivity contribution in [1.29, 1.82) is 5.26 Å². The Bertz CT molecular complexity index is 1320. The number of aldehydes is 1. The third-order valence-corrected chi connectivity index (χ3v) is 9.33. The van der Waals surface area contributed by atoms with E-state index in [2.05, 4.69) is 18.0 Å². The van der Waals surface area contributed by atoms with Gasteiger partial charge in [0.2, 0.25) is 5.91 Å². The van der Waals surface area contributed by atoms with Crippen LogP contribution in [0.1, 0.15) is 38.2 Å². The summed E-state index contributed by atoms with van der Waals surface area (Å²) in [4.78, 5) is 32.7. The average Bonchev–Trinajstić information content (AvgIpc) is 3.36. The van der Waals surface area contributed by atoms with Crippen LogP contribution in [0.5, 0.6) is 0 Å². The SMILES string of the molecule is CN(C(=O)[C@H]1[C@@H](C=O)[C@]2(C)CC[C@@]1(CCSc1ccccn1)C2)c1ccc(C#N)c2ccccc12. The summed E-state index contributed by atoms with van der Waals surface area (Å²) in [6, 6.07) is 19.5. The molecule has 2 aliphatic rings. The molecule has 2 aliphatic carbocycles. The van der Waals surface area contributed by atoms with E-state index >= 15 is 0 Å². The van der Waals surface area contributed by atoms with Crippen molar-refractivity contribution < 1.29 is 9.59 Å². The lowest BCUT2D eigenvalue weighted by atomic mass is 9.66. The van der Waals surface area contributed by atoms with Crippen molar-refractivity contribution in [2.75, 3.05) is 17.7 Å². The van der Waals surface area contributed by atoms with Gasteiger partial charge in [-0.25, -0.2) is 4.98 Å². The molecule has 5 nitrogen and oxygen atoms in total. The Morgan fingerprint density at radius 2 is 1.94 bits per heavy atom. The van der Waals surface area contributed by atoms with Crippen LogP contribution in [-0.4, -0.2) is 30.0 Å². The number of thioether (sulfide) groups is 1. The number of amides is 1. The van der Waals surface area contributed by atoms with Crippen molar-refractivity contribution in [3.8, 4) is 6.07 Å². The first-order valence-corrected chi connectivity index (χ1v) is 13.1. The number of fused-ring (bicyclic) bond motifs is 3. The van der Waals surface area contributed by atoms with Gasteiger partial charge in [0, 0.05) is 35.7 Å². The zero-order valence-corrected chi connectivity index (χ0v) is 20.9. The monoisotopic (exact) mass is 483 g/mol. The van der Waals surface area contributed by atoms with Gasteiger partial charge in [0.1, 0.15) is 6.29 Å². The fourth-order valence-corrected chi connectivity index (χ4v) is 7.70. The summed E-state index contributed by atoms with van der Waals surface area (Å²) in [5.41, 5.74) is 1.05. The van der Waals surface area contributed by atoms with Crippen LogP contribution in [0.3, 0.4) is 0 Å². The fraction of sp³-hybridized carbons (Fsp3) is 0.379. The minimum Gasteiger partial charge on any atom is -0.315 e. The molecule has 1 amide bonds. The molecular weight excluding hydrogens is 454 g/mol. The van der Waals surface area contributed by atoms with Crippen LogP contribution in [0.15, 0.2) is 65.8 Å². The van der Waals surface area contributed by atoms with Gasteiger partial charge < -0.3 is 9.69 Å². The van der Waals surface area contributed by atoms with E-state index in [1.165, 1.54) is 0 Å². The summed E-state index contributed by atoms with van der Waals surface area (Å²) in [5.74, 6) is 0.243. The summed E-state index contributed by atoms with van der Waals surface area (Å²) >= 11 is 1.72. The van der Waals surface area contributed by atoms with Crippen LogP contribution in [-0.2, 0) is 9.59 Å². The third kappa shape index (κ3) is 3.92. The molecule has 35 heavy (non-hydrogen) atoms. The van der Waals surface area contributed by atoms with Crippen LogP contribution in [0, 0.1) is 34.0 Å². The first-order chi connectivity index (χ1) is 16.9. The zero-order valence-electron chi connectivity index (χ0n) is 20.1. The molecule has 6 heteroatoms. The topological polar surface area (TPSA) is 74.1 Å². The largest absolute Gasteiger partial charge is 0.315 e. The summed E-state index contributed by atoms with van der Waals surface area (Å²) in [6.45, 7) is 2.18. The molecular formula is C29H29N3O2S. The molecule has 0 N–H and O–H groups in total. The van der Waals surface area contributed by atoms with Crippen molar-refractivity contribution >= 4 is 40.4 Å². The molecule has 0 saturated heterocycles. The summed E-state index contributed by atoms with van der Waals surface area (Å²) in [5, 5.41) is 12.2. The number of carbonyl (C=O) groups excluding carboxylic acids is 2. The van der Waals surface area contributed by atoms with Crippen LogP contribution in [0.25, 0.3) is 10.8 Å². The number of pyridine rings is 1.